The van der Waals surface area contributed by atoms with Crippen LogP contribution in [0.5, 0.6) is 0 Å². The Morgan fingerprint density at radius 3 is 2.90 bits per heavy atom. The molecule has 0 aliphatic carbocycles. The highest BCUT2D eigenvalue weighted by molar-refractivity contribution is 9.11. The van der Waals surface area contributed by atoms with Crippen molar-refractivity contribution < 1.29 is 4.79 Å². The van der Waals surface area contributed by atoms with Gasteiger partial charge in [0.25, 0.3) is 0 Å². The summed E-state index contributed by atoms with van der Waals surface area (Å²) in [5.41, 5.74) is 1.99. The van der Waals surface area contributed by atoms with Crippen LogP contribution in [0.3, 0.4) is 0 Å². The molecule has 0 radical (unpaired) electrons. The van der Waals surface area contributed by atoms with Gasteiger partial charge >= 0.3 is 0 Å². The van der Waals surface area contributed by atoms with Crippen molar-refractivity contribution in [1.82, 2.24) is 4.90 Å². The Bertz CT molecular complexity index is 617. The maximum absolute atomic E-state index is 11.9. The van der Waals surface area contributed by atoms with Gasteiger partial charge in [0, 0.05) is 30.2 Å². The van der Waals surface area contributed by atoms with Crippen molar-refractivity contribution in [3.05, 3.63) is 50.1 Å². The first-order valence-corrected chi connectivity index (χ1v) is 8.55. The number of hydrogen-bond donors (Lipinski definition) is 1. The topological polar surface area (TPSA) is 32.3 Å². The predicted molar refractivity (Wildman–Crippen MR) is 93.1 cm³/mol. The first-order valence-electron chi connectivity index (χ1n) is 6.50. The average molecular weight is 388 g/mol. The molecule has 0 aliphatic rings. The van der Waals surface area contributed by atoms with Crippen molar-refractivity contribution >= 4 is 50.5 Å². The van der Waals surface area contributed by atoms with Gasteiger partial charge in [-0.25, -0.2) is 0 Å². The molecule has 0 atom stereocenters. The van der Waals surface area contributed by atoms with Crippen molar-refractivity contribution in [2.75, 3.05) is 18.9 Å². The lowest BCUT2D eigenvalue weighted by Gasteiger charge is -2.15. The molecule has 0 aliphatic heterocycles. The molecule has 0 bridgehead atoms. The zero-order valence-electron chi connectivity index (χ0n) is 11.6. The first-order chi connectivity index (χ1) is 10.0. The minimum atomic E-state index is -0.00406. The van der Waals surface area contributed by atoms with Gasteiger partial charge in [0.15, 0.2) is 0 Å². The minimum Gasteiger partial charge on any atom is -0.326 e. The van der Waals surface area contributed by atoms with E-state index in [1.807, 2.05) is 19.2 Å². The standard InChI is InChI=1S/C15H16BrClN2OS/c1-19(9-11-7-14(16)21-10-11)6-5-15(20)18-13-4-2-3-12(17)8-13/h2-4,7-8,10H,5-6,9H2,1H3,(H,18,20). The zero-order valence-corrected chi connectivity index (χ0v) is 14.8. The van der Waals surface area contributed by atoms with E-state index in [4.69, 9.17) is 11.6 Å². The number of anilines is 1. The van der Waals surface area contributed by atoms with Crippen LogP contribution in [0, 0.1) is 0 Å². The summed E-state index contributed by atoms with van der Waals surface area (Å²) in [6.45, 7) is 1.55. The second kappa shape index (κ2) is 7.94. The molecule has 2 rings (SSSR count). The van der Waals surface area contributed by atoms with E-state index in [1.165, 1.54) is 5.56 Å². The predicted octanol–water partition coefficient (Wildman–Crippen LogP) is 4.62. The fourth-order valence-electron chi connectivity index (χ4n) is 1.90. The van der Waals surface area contributed by atoms with Gasteiger partial charge in [-0.15, -0.1) is 11.3 Å². The maximum Gasteiger partial charge on any atom is 0.225 e. The molecule has 1 aromatic heterocycles. The largest absolute Gasteiger partial charge is 0.326 e. The second-order valence-electron chi connectivity index (χ2n) is 4.81. The Morgan fingerprint density at radius 2 is 2.24 bits per heavy atom. The Balaban J connectivity index is 1.75. The van der Waals surface area contributed by atoms with E-state index < -0.39 is 0 Å². The number of thiophene rings is 1. The van der Waals surface area contributed by atoms with Gasteiger partial charge in [-0.1, -0.05) is 17.7 Å². The fraction of sp³-hybridized carbons (Fsp3) is 0.267. The van der Waals surface area contributed by atoms with Crippen LogP contribution in [0.25, 0.3) is 0 Å². The van der Waals surface area contributed by atoms with Crippen molar-refractivity contribution in [2.24, 2.45) is 0 Å². The molecule has 1 heterocycles. The Labute approximate surface area is 142 Å². The number of rotatable bonds is 6. The highest BCUT2D eigenvalue weighted by atomic mass is 79.9. The van der Waals surface area contributed by atoms with Crippen LogP contribution in [0.4, 0.5) is 5.69 Å². The molecule has 0 saturated heterocycles. The molecule has 1 N–H and O–H groups in total. The third-order valence-electron chi connectivity index (χ3n) is 2.90. The molecule has 112 valence electrons. The molecule has 0 spiro atoms. The summed E-state index contributed by atoms with van der Waals surface area (Å²) >= 11 is 11.0. The first kappa shape index (κ1) is 16.5. The Hall–Kier alpha value is -0.880. The molecule has 0 unspecified atom stereocenters. The Kier molecular flexibility index (Phi) is 6.23. The fourth-order valence-corrected chi connectivity index (χ4v) is 3.29. The normalized spacial score (nSPS) is 10.9. The molecule has 1 amide bonds. The molecule has 21 heavy (non-hydrogen) atoms. The molecule has 3 nitrogen and oxygen atoms in total. The summed E-state index contributed by atoms with van der Waals surface area (Å²) in [4.78, 5) is 14.0. The van der Waals surface area contributed by atoms with Crippen LogP contribution in [-0.2, 0) is 11.3 Å². The van der Waals surface area contributed by atoms with Crippen LogP contribution < -0.4 is 5.32 Å². The highest BCUT2D eigenvalue weighted by Crippen LogP contribution is 2.21. The molecule has 6 heteroatoms. The number of carbonyl (C=O) groups is 1. The molecular formula is C15H16BrClN2OS. The summed E-state index contributed by atoms with van der Waals surface area (Å²) in [5.74, 6) is -0.00406. The third-order valence-corrected chi connectivity index (χ3v) is 4.69. The van der Waals surface area contributed by atoms with E-state index >= 15 is 0 Å². The average Bonchev–Trinajstić information content (AvgIpc) is 2.82. The van der Waals surface area contributed by atoms with Crippen molar-refractivity contribution in [3.8, 4) is 0 Å². The quantitative estimate of drug-likeness (QED) is 0.784. The third kappa shape index (κ3) is 5.79. The summed E-state index contributed by atoms with van der Waals surface area (Å²) in [6, 6.07) is 9.28. The lowest BCUT2D eigenvalue weighted by Crippen LogP contribution is -2.23. The van der Waals surface area contributed by atoms with Gasteiger partial charge < -0.3 is 10.2 Å². The van der Waals surface area contributed by atoms with Gasteiger partial charge in [0.05, 0.1) is 3.79 Å². The number of hydrogen-bond acceptors (Lipinski definition) is 3. The lowest BCUT2D eigenvalue weighted by molar-refractivity contribution is -0.116. The van der Waals surface area contributed by atoms with Gasteiger partial charge in [-0.05, 0) is 58.2 Å². The van der Waals surface area contributed by atoms with Gasteiger partial charge in [0.2, 0.25) is 5.91 Å². The summed E-state index contributed by atoms with van der Waals surface area (Å²) in [6.07, 6.45) is 0.453. The van der Waals surface area contributed by atoms with Crippen LogP contribution in [0.1, 0.15) is 12.0 Å². The van der Waals surface area contributed by atoms with Gasteiger partial charge in [0.1, 0.15) is 0 Å². The summed E-state index contributed by atoms with van der Waals surface area (Å²) in [5, 5.41) is 5.59. The lowest BCUT2D eigenvalue weighted by atomic mass is 10.3. The maximum atomic E-state index is 11.9. The van der Waals surface area contributed by atoms with Crippen molar-refractivity contribution in [3.63, 3.8) is 0 Å². The van der Waals surface area contributed by atoms with Crippen LogP contribution in [0.15, 0.2) is 39.5 Å². The van der Waals surface area contributed by atoms with Gasteiger partial charge in [-0.2, -0.15) is 0 Å². The van der Waals surface area contributed by atoms with Crippen LogP contribution in [-0.4, -0.2) is 24.4 Å². The number of nitrogens with zero attached hydrogens (tertiary/aromatic N) is 1. The SMILES string of the molecule is CN(CCC(=O)Nc1cccc(Cl)c1)Cc1csc(Br)c1. The number of benzene rings is 1. The monoisotopic (exact) mass is 386 g/mol. The number of carbonyl (C=O) groups excluding carboxylic acids is 1. The highest BCUT2D eigenvalue weighted by Gasteiger charge is 2.07. The number of amides is 1. The molecule has 1 aromatic carbocycles. The van der Waals surface area contributed by atoms with E-state index in [0.29, 0.717) is 18.0 Å². The van der Waals surface area contributed by atoms with Crippen molar-refractivity contribution in [2.45, 2.75) is 13.0 Å². The van der Waals surface area contributed by atoms with E-state index in [2.05, 4.69) is 37.6 Å². The molecule has 2 aromatic rings. The van der Waals surface area contributed by atoms with Crippen LogP contribution >= 0.6 is 38.9 Å². The molecule has 0 saturated carbocycles. The Morgan fingerprint density at radius 1 is 1.43 bits per heavy atom. The van der Waals surface area contributed by atoms with Crippen LogP contribution in [0.2, 0.25) is 5.02 Å². The van der Waals surface area contributed by atoms with E-state index in [9.17, 15) is 4.79 Å². The summed E-state index contributed by atoms with van der Waals surface area (Å²) in [7, 11) is 2.01. The van der Waals surface area contributed by atoms with E-state index in [-0.39, 0.29) is 5.91 Å². The minimum absolute atomic E-state index is 0.00406. The number of halogens is 2. The van der Waals surface area contributed by atoms with E-state index in [1.54, 1.807) is 23.5 Å². The van der Waals surface area contributed by atoms with E-state index in [0.717, 1.165) is 16.0 Å². The molecular weight excluding hydrogens is 372 g/mol. The number of nitrogens with one attached hydrogen (secondary N) is 1. The zero-order chi connectivity index (χ0) is 15.2. The second-order valence-corrected chi connectivity index (χ2v) is 7.53. The summed E-state index contributed by atoms with van der Waals surface area (Å²) < 4.78 is 1.13. The van der Waals surface area contributed by atoms with Gasteiger partial charge in [-0.3, -0.25) is 4.79 Å². The molecule has 0 fully saturated rings. The smallest absolute Gasteiger partial charge is 0.225 e. The van der Waals surface area contributed by atoms with Crippen molar-refractivity contribution in [1.29, 1.82) is 0 Å².